The molecule has 0 bridgehead atoms. The molecule has 0 aliphatic heterocycles. The van der Waals surface area contributed by atoms with Crippen LogP contribution in [0.25, 0.3) is 0 Å². The van der Waals surface area contributed by atoms with E-state index in [1.807, 2.05) is 0 Å². The van der Waals surface area contributed by atoms with Crippen molar-refractivity contribution in [2.45, 2.75) is 116 Å². The van der Waals surface area contributed by atoms with Gasteiger partial charge in [0.25, 0.3) is 0 Å². The molecule has 0 aliphatic rings. The number of halogens is 4. The third-order valence-corrected chi connectivity index (χ3v) is 6.07. The van der Waals surface area contributed by atoms with E-state index in [0.29, 0.717) is 0 Å². The number of hydrogen-bond donors (Lipinski definition) is 0. The van der Waals surface area contributed by atoms with Crippen LogP contribution in [0.15, 0.2) is 30.3 Å². The van der Waals surface area contributed by atoms with E-state index in [-0.39, 0.29) is 0 Å². The molecule has 6 heteroatoms. The molecule has 1 aromatic rings. The fourth-order valence-corrected chi connectivity index (χ4v) is 4.24. The van der Waals surface area contributed by atoms with E-state index in [4.69, 9.17) is 40.4 Å². The van der Waals surface area contributed by atoms with Crippen LogP contribution in [0.1, 0.15) is 115 Å². The van der Waals surface area contributed by atoms with Crippen LogP contribution in [0.5, 0.6) is 0 Å². The van der Waals surface area contributed by atoms with Crippen LogP contribution in [-0.2, 0) is 15.7 Å². The van der Waals surface area contributed by atoms with Crippen molar-refractivity contribution in [1.82, 2.24) is 0 Å². The third-order valence-electron chi connectivity index (χ3n) is 6.07. The number of quaternary nitrogens is 1. The summed E-state index contributed by atoms with van der Waals surface area (Å²) in [7, 11) is 21.9. The van der Waals surface area contributed by atoms with Crippen LogP contribution >= 0.6 is 40.4 Å². The minimum atomic E-state index is -2.61. The second-order valence-corrected chi connectivity index (χ2v) is 20.9. The van der Waals surface area contributed by atoms with E-state index >= 15 is 0 Å². The average molecular weight is 586 g/mol. The summed E-state index contributed by atoms with van der Waals surface area (Å²) in [5.41, 5.74) is 1.46. The van der Waals surface area contributed by atoms with E-state index in [1.54, 1.807) is 0 Å². The molecule has 1 nitrogen and oxygen atoms in total. The molecule has 1 rings (SSSR count). The topological polar surface area (TPSA) is 0 Å². The number of benzene rings is 1. The van der Waals surface area contributed by atoms with Gasteiger partial charge >= 0.3 is 49.6 Å². The maximum absolute atomic E-state index is 4.95. The van der Waals surface area contributed by atoms with Crippen molar-refractivity contribution < 1.29 is 13.7 Å². The Morgan fingerprint density at radius 3 is 1.27 bits per heavy atom. The molecule has 0 heterocycles. The molecule has 0 fully saturated rings. The maximum atomic E-state index is 4.95. The van der Waals surface area contributed by atoms with Crippen LogP contribution in [0.4, 0.5) is 0 Å². The van der Waals surface area contributed by atoms with Gasteiger partial charge in [-0.3, -0.25) is 0 Å². The summed E-state index contributed by atoms with van der Waals surface area (Å²) in [4.78, 5) is 0. The molecule has 199 valence electrons. The van der Waals surface area contributed by atoms with Crippen LogP contribution in [0.3, 0.4) is 0 Å². The van der Waals surface area contributed by atoms with E-state index in [9.17, 15) is 0 Å². The predicted molar refractivity (Wildman–Crippen MR) is 150 cm³/mol. The molecule has 33 heavy (non-hydrogen) atoms. The van der Waals surface area contributed by atoms with E-state index in [1.165, 1.54) is 115 Å². The normalized spacial score (nSPS) is 12.3. The summed E-state index contributed by atoms with van der Waals surface area (Å²) in [6.45, 7) is 4.75. The van der Waals surface area contributed by atoms with E-state index in [2.05, 4.69) is 51.4 Å². The van der Waals surface area contributed by atoms with Gasteiger partial charge in [-0.15, -0.1) is 0 Å². The van der Waals surface area contributed by atoms with Crippen LogP contribution in [0.2, 0.25) is 0 Å². The molecule has 0 amide bonds. The molecule has 0 radical (unpaired) electrons. The molecule has 0 spiro atoms. The van der Waals surface area contributed by atoms with Gasteiger partial charge in [-0.2, -0.15) is 0 Å². The molecule has 1 aromatic carbocycles. The molecular formula is C27H50Cl4FeN. The minimum absolute atomic E-state index is 1.11. The van der Waals surface area contributed by atoms with Crippen molar-refractivity contribution in [2.75, 3.05) is 20.6 Å². The Hall–Kier alpha value is 0.859. The first-order chi connectivity index (χ1) is 15.6. The van der Waals surface area contributed by atoms with Gasteiger partial charge in [-0.25, -0.2) is 0 Å². The summed E-state index contributed by atoms with van der Waals surface area (Å²) in [6, 6.07) is 10.9. The molecule has 0 saturated heterocycles. The Bertz CT molecular complexity index is 529. The molecule has 0 saturated carbocycles. The molecular weight excluding hydrogens is 536 g/mol. The van der Waals surface area contributed by atoms with Gasteiger partial charge < -0.3 is 4.48 Å². The first-order valence-electron chi connectivity index (χ1n) is 13.0. The van der Waals surface area contributed by atoms with Crippen LogP contribution in [0, 0.1) is 0 Å². The zero-order chi connectivity index (χ0) is 24.8. The van der Waals surface area contributed by atoms with Crippen molar-refractivity contribution in [3.63, 3.8) is 0 Å². The number of rotatable bonds is 19. The van der Waals surface area contributed by atoms with Crippen molar-refractivity contribution in [3.05, 3.63) is 35.9 Å². The standard InChI is InChI=1S/C27H50N.4ClH.Fe/c1-4-5-6-7-8-9-10-11-12-13-14-15-16-17-18-22-25-28(2,3)26-27-23-20-19-21-24-27;;;;;/h19-21,23-24H,4-18,22,25-26H2,1-3H3;4*1H;/q+1;;;;;+3/p-4. The summed E-state index contributed by atoms with van der Waals surface area (Å²) in [5.74, 6) is 0. The van der Waals surface area contributed by atoms with Gasteiger partial charge in [0.05, 0.1) is 20.6 Å². The molecule has 0 N–H and O–H groups in total. The summed E-state index contributed by atoms with van der Waals surface area (Å²) < 4.78 is 1.11. The van der Waals surface area contributed by atoms with Gasteiger partial charge in [0.2, 0.25) is 0 Å². The molecule has 0 atom stereocenters. The second kappa shape index (κ2) is 22.1. The zero-order valence-corrected chi connectivity index (χ0v) is 25.6. The van der Waals surface area contributed by atoms with Crippen LogP contribution < -0.4 is 0 Å². The molecule has 0 aromatic heterocycles. The van der Waals surface area contributed by atoms with Crippen molar-refractivity contribution in [3.8, 4) is 0 Å². The van der Waals surface area contributed by atoms with Crippen molar-refractivity contribution in [2.24, 2.45) is 0 Å². The van der Waals surface area contributed by atoms with Crippen molar-refractivity contribution >= 4 is 40.4 Å². The first-order valence-corrected chi connectivity index (χ1v) is 19.1. The van der Waals surface area contributed by atoms with Gasteiger partial charge in [0, 0.05) is 5.56 Å². The fraction of sp³-hybridized carbons (Fsp3) is 0.778. The zero-order valence-electron chi connectivity index (χ0n) is 21.4. The van der Waals surface area contributed by atoms with Gasteiger partial charge in [0.15, 0.2) is 0 Å². The number of hydrogen-bond acceptors (Lipinski definition) is 0. The first kappa shape index (κ1) is 33.9. The molecule has 0 unspecified atom stereocenters. The summed E-state index contributed by atoms with van der Waals surface area (Å²) in [5, 5.41) is 0. The Morgan fingerprint density at radius 1 is 0.576 bits per heavy atom. The Morgan fingerprint density at radius 2 is 0.909 bits per heavy atom. The van der Waals surface area contributed by atoms with E-state index < -0.39 is 9.20 Å². The van der Waals surface area contributed by atoms with Crippen molar-refractivity contribution in [1.29, 1.82) is 0 Å². The van der Waals surface area contributed by atoms with E-state index in [0.717, 1.165) is 11.0 Å². The SMILES string of the molecule is CCCCCCCCCCCCCCCCCC[N+](C)(C)Cc1ccccc1.[Cl][Fe-]([Cl])([Cl])[Cl]. The predicted octanol–water partition coefficient (Wildman–Crippen LogP) is 11.3. The second-order valence-electron chi connectivity index (χ2n) is 9.91. The van der Waals surface area contributed by atoms with Crippen LogP contribution in [-0.4, -0.2) is 25.1 Å². The quantitative estimate of drug-likeness (QED) is 0.0860. The fourth-order valence-electron chi connectivity index (χ4n) is 4.24. The Kier molecular flexibility index (Phi) is 22.7. The Labute approximate surface area is 225 Å². The summed E-state index contributed by atoms with van der Waals surface area (Å²) >= 11 is 0. The molecule has 0 aliphatic carbocycles. The summed E-state index contributed by atoms with van der Waals surface area (Å²) in [6.07, 6.45) is 23.2. The van der Waals surface area contributed by atoms with Gasteiger partial charge in [-0.1, -0.05) is 127 Å². The number of nitrogens with zero attached hydrogens (tertiary/aromatic N) is 1. The third kappa shape index (κ3) is 29.0. The average Bonchev–Trinajstić information content (AvgIpc) is 2.72. The van der Waals surface area contributed by atoms with Gasteiger partial charge in [-0.05, 0) is 12.8 Å². The Balaban J connectivity index is 0.00000184. The number of unbranched alkanes of at least 4 members (excludes halogenated alkanes) is 15. The van der Waals surface area contributed by atoms with Gasteiger partial charge in [0.1, 0.15) is 6.54 Å². The monoisotopic (exact) mass is 584 g/mol.